The second kappa shape index (κ2) is 5.69. The van der Waals surface area contributed by atoms with Crippen molar-refractivity contribution in [2.24, 2.45) is 4.99 Å². The third-order valence-electron chi connectivity index (χ3n) is 3.32. The highest BCUT2D eigenvalue weighted by Crippen LogP contribution is 2.23. The summed E-state index contributed by atoms with van der Waals surface area (Å²) in [5.74, 6) is -0.120. The fourth-order valence-corrected chi connectivity index (χ4v) is 2.58. The number of carbonyl (C=O) groups is 1. The van der Waals surface area contributed by atoms with E-state index in [4.69, 9.17) is 11.6 Å². The molecule has 1 amide bonds. The molecule has 0 aromatic heterocycles. The minimum Gasteiger partial charge on any atom is -0.508 e. The molecule has 5 nitrogen and oxygen atoms in total. The van der Waals surface area contributed by atoms with Crippen LogP contribution in [-0.4, -0.2) is 39.9 Å². The van der Waals surface area contributed by atoms with E-state index in [1.807, 2.05) is 6.07 Å². The summed E-state index contributed by atoms with van der Waals surface area (Å²) >= 11 is 5.98. The van der Waals surface area contributed by atoms with E-state index < -0.39 is 0 Å². The topological polar surface area (TPSA) is 73.1 Å². The van der Waals surface area contributed by atoms with Crippen molar-refractivity contribution in [3.63, 3.8) is 0 Å². The van der Waals surface area contributed by atoms with E-state index in [0.29, 0.717) is 23.9 Å². The lowest BCUT2D eigenvalue weighted by atomic mass is 10.1. The number of aliphatic imine (C=N–C) groups is 1. The van der Waals surface area contributed by atoms with Crippen LogP contribution in [0.2, 0.25) is 5.02 Å². The molecule has 0 fully saturated rings. The first-order valence-corrected chi connectivity index (χ1v) is 7.07. The fourth-order valence-electron chi connectivity index (χ4n) is 2.39. The van der Waals surface area contributed by atoms with Gasteiger partial charge in [-0.2, -0.15) is 0 Å². The van der Waals surface area contributed by atoms with Crippen molar-refractivity contribution in [2.45, 2.75) is 0 Å². The highest BCUT2D eigenvalue weighted by Gasteiger charge is 2.26. The maximum atomic E-state index is 12.6. The molecule has 0 spiro atoms. The molecular weight excluding hydrogens is 304 g/mol. The number of aromatic hydroxyl groups is 2. The fraction of sp³-hybridized carbons (Fsp3) is 0.125. The highest BCUT2D eigenvalue weighted by atomic mass is 35.5. The highest BCUT2D eigenvalue weighted by molar-refractivity contribution is 6.31. The lowest BCUT2D eigenvalue weighted by Gasteiger charge is -2.19. The van der Waals surface area contributed by atoms with Gasteiger partial charge < -0.3 is 10.2 Å². The smallest absolute Gasteiger partial charge is 0.259 e. The molecule has 0 saturated carbocycles. The van der Waals surface area contributed by atoms with Crippen LogP contribution in [0.1, 0.15) is 15.9 Å². The van der Waals surface area contributed by atoms with Gasteiger partial charge in [0.25, 0.3) is 5.91 Å². The van der Waals surface area contributed by atoms with Gasteiger partial charge in [-0.15, -0.1) is 0 Å². The van der Waals surface area contributed by atoms with E-state index in [9.17, 15) is 15.0 Å². The van der Waals surface area contributed by atoms with Gasteiger partial charge >= 0.3 is 0 Å². The summed E-state index contributed by atoms with van der Waals surface area (Å²) < 4.78 is 0. The average molecular weight is 317 g/mol. The summed E-state index contributed by atoms with van der Waals surface area (Å²) in [6, 6.07) is 10.9. The number of amides is 1. The Balaban J connectivity index is 1.94. The molecule has 1 aliphatic heterocycles. The lowest BCUT2D eigenvalue weighted by Crippen LogP contribution is -2.34. The predicted molar refractivity (Wildman–Crippen MR) is 83.7 cm³/mol. The maximum absolute atomic E-state index is 12.6. The van der Waals surface area contributed by atoms with Crippen LogP contribution in [0.4, 0.5) is 0 Å². The molecule has 112 valence electrons. The number of hydrogen-bond acceptors (Lipinski definition) is 4. The Kier molecular flexibility index (Phi) is 3.73. The van der Waals surface area contributed by atoms with Crippen LogP contribution in [0, 0.1) is 0 Å². The van der Waals surface area contributed by atoms with E-state index in [1.54, 1.807) is 18.2 Å². The number of halogens is 1. The van der Waals surface area contributed by atoms with Gasteiger partial charge in [0.1, 0.15) is 17.3 Å². The Morgan fingerprint density at radius 3 is 2.55 bits per heavy atom. The molecule has 6 heteroatoms. The number of nitrogens with zero attached hydrogens (tertiary/aromatic N) is 2. The number of rotatable bonds is 2. The first-order chi connectivity index (χ1) is 10.5. The third kappa shape index (κ3) is 2.76. The molecular formula is C16H13ClN2O3. The minimum absolute atomic E-state index is 0.163. The standard InChI is InChI=1S/C16H13ClN2O3/c17-12-3-1-2-10(6-12)15-18-4-5-19(15)16(22)11-7-13(20)9-14(21)8-11/h1-3,6-9,20-21H,4-5H2. The summed E-state index contributed by atoms with van der Waals surface area (Å²) in [6.45, 7) is 0.940. The van der Waals surface area contributed by atoms with Crippen molar-refractivity contribution in [3.8, 4) is 11.5 Å². The minimum atomic E-state index is -0.331. The van der Waals surface area contributed by atoms with Gasteiger partial charge in [0.15, 0.2) is 0 Å². The van der Waals surface area contributed by atoms with Crippen molar-refractivity contribution >= 4 is 23.3 Å². The van der Waals surface area contributed by atoms with Crippen molar-refractivity contribution in [1.29, 1.82) is 0 Å². The van der Waals surface area contributed by atoms with Crippen LogP contribution in [0.25, 0.3) is 0 Å². The van der Waals surface area contributed by atoms with E-state index in [-0.39, 0.29) is 23.0 Å². The first kappa shape index (κ1) is 14.4. The van der Waals surface area contributed by atoms with Gasteiger partial charge in [-0.3, -0.25) is 14.7 Å². The zero-order valence-corrected chi connectivity index (χ0v) is 12.3. The van der Waals surface area contributed by atoms with Gasteiger partial charge in [0.05, 0.1) is 6.54 Å². The van der Waals surface area contributed by atoms with Gasteiger partial charge in [0, 0.05) is 28.8 Å². The van der Waals surface area contributed by atoms with E-state index in [0.717, 1.165) is 5.56 Å². The lowest BCUT2D eigenvalue weighted by molar-refractivity contribution is 0.0857. The van der Waals surface area contributed by atoms with Crippen LogP contribution in [-0.2, 0) is 0 Å². The Bertz CT molecular complexity index is 753. The predicted octanol–water partition coefficient (Wildman–Crippen LogP) is 2.65. The molecule has 2 aromatic rings. The summed E-state index contributed by atoms with van der Waals surface area (Å²) in [6.07, 6.45) is 0. The number of carbonyl (C=O) groups excluding carboxylic acids is 1. The molecule has 0 aliphatic carbocycles. The monoisotopic (exact) mass is 316 g/mol. The van der Waals surface area contributed by atoms with Gasteiger partial charge in [0.2, 0.25) is 0 Å². The number of phenolic OH excluding ortho intramolecular Hbond substituents is 2. The van der Waals surface area contributed by atoms with Crippen molar-refractivity contribution in [2.75, 3.05) is 13.1 Å². The van der Waals surface area contributed by atoms with Crippen LogP contribution < -0.4 is 0 Å². The second-order valence-corrected chi connectivity index (χ2v) is 5.35. The average Bonchev–Trinajstić information content (AvgIpc) is 2.94. The zero-order chi connectivity index (χ0) is 15.7. The van der Waals surface area contributed by atoms with E-state index in [1.165, 1.54) is 23.1 Å². The maximum Gasteiger partial charge on any atom is 0.259 e. The summed E-state index contributed by atoms with van der Waals surface area (Å²) in [5.41, 5.74) is 0.955. The molecule has 0 saturated heterocycles. The normalized spacial score (nSPS) is 14.0. The number of benzene rings is 2. The molecule has 0 radical (unpaired) electrons. The number of phenols is 2. The molecule has 2 N–H and O–H groups in total. The van der Waals surface area contributed by atoms with Crippen LogP contribution in [0.3, 0.4) is 0 Å². The van der Waals surface area contributed by atoms with Gasteiger partial charge in [-0.05, 0) is 24.3 Å². The van der Waals surface area contributed by atoms with Crippen LogP contribution >= 0.6 is 11.6 Å². The SMILES string of the molecule is O=C(c1cc(O)cc(O)c1)N1CCN=C1c1cccc(Cl)c1. The van der Waals surface area contributed by atoms with Crippen LogP contribution in [0.5, 0.6) is 11.5 Å². The molecule has 0 atom stereocenters. The summed E-state index contributed by atoms with van der Waals surface area (Å²) in [7, 11) is 0. The molecule has 0 bridgehead atoms. The molecule has 1 heterocycles. The summed E-state index contributed by atoms with van der Waals surface area (Å²) in [4.78, 5) is 18.5. The van der Waals surface area contributed by atoms with Gasteiger partial charge in [-0.25, -0.2) is 0 Å². The first-order valence-electron chi connectivity index (χ1n) is 6.70. The van der Waals surface area contributed by atoms with Crippen molar-refractivity contribution in [3.05, 3.63) is 58.6 Å². The molecule has 2 aromatic carbocycles. The zero-order valence-electron chi connectivity index (χ0n) is 11.5. The Labute approximate surface area is 132 Å². The Hall–Kier alpha value is -2.53. The third-order valence-corrected chi connectivity index (χ3v) is 3.55. The molecule has 1 aliphatic rings. The van der Waals surface area contributed by atoms with Crippen molar-refractivity contribution < 1.29 is 15.0 Å². The number of hydrogen-bond donors (Lipinski definition) is 2. The molecule has 0 unspecified atom stereocenters. The van der Waals surface area contributed by atoms with E-state index >= 15 is 0 Å². The quantitative estimate of drug-likeness (QED) is 0.894. The Morgan fingerprint density at radius 1 is 1.14 bits per heavy atom. The summed E-state index contributed by atoms with van der Waals surface area (Å²) in [5, 5.41) is 19.6. The van der Waals surface area contributed by atoms with E-state index in [2.05, 4.69) is 4.99 Å². The molecule has 3 rings (SSSR count). The molecule has 22 heavy (non-hydrogen) atoms. The van der Waals surface area contributed by atoms with Gasteiger partial charge in [-0.1, -0.05) is 23.7 Å². The number of amidine groups is 1. The second-order valence-electron chi connectivity index (χ2n) is 4.91. The largest absolute Gasteiger partial charge is 0.508 e. The van der Waals surface area contributed by atoms with Crippen LogP contribution in [0.15, 0.2) is 47.5 Å². The Morgan fingerprint density at radius 2 is 1.86 bits per heavy atom. The van der Waals surface area contributed by atoms with Crippen molar-refractivity contribution in [1.82, 2.24) is 4.90 Å².